The van der Waals surface area contributed by atoms with Crippen LogP contribution in [0, 0.1) is 29.6 Å². The van der Waals surface area contributed by atoms with Crippen LogP contribution in [0.3, 0.4) is 0 Å². The maximum Gasteiger partial charge on any atom is 0.246 e. The molecule has 1 aromatic rings. The Kier molecular flexibility index (Phi) is 20.7. The lowest BCUT2D eigenvalue weighted by atomic mass is 9.93. The third-order valence-corrected chi connectivity index (χ3v) is 13.8. The molecule has 0 aromatic heterocycles. The Morgan fingerprint density at radius 2 is 1.09 bits per heavy atom. The zero-order chi connectivity index (χ0) is 50.6. The first-order valence-electron chi connectivity index (χ1n) is 24.9. The van der Waals surface area contributed by atoms with Gasteiger partial charge in [0.2, 0.25) is 47.3 Å². The molecular formula is C50H80N8O10. The predicted octanol–water partition coefficient (Wildman–Crippen LogP) is 2.43. The van der Waals surface area contributed by atoms with E-state index in [1.54, 1.807) is 26.0 Å². The molecule has 0 saturated carbocycles. The van der Waals surface area contributed by atoms with Crippen molar-refractivity contribution in [1.82, 2.24) is 41.7 Å². The standard InChI is InChI=1S/C50H80N8O10/c1-11-30(9)42-48(66)56-43(31(10)12-2)50(68)58-22-14-16-38(58)49(67)57-21-13-15-37(57)46(64)53-36(25-32-17-19-33(59)20-18-32)45(63)54-41(29(7)8)47(65)52-34(23-27(3)4)39(60)26-40(61)51-35(24-28(5)6)44(62)55-42/h17-20,27-31,34-39,41-43,59-60H,11-16,21-26H2,1-10H3,(H,51,61)(H,52,65)(H,53,64)(H,54,63)(H,55,62)(H,56,66)/t30?,31?,34-,35-,36+,37+,38+,39+,41+,42-,43+/m1/s1. The van der Waals surface area contributed by atoms with Gasteiger partial charge in [-0.15, -0.1) is 0 Å². The molecule has 3 aliphatic heterocycles. The van der Waals surface area contributed by atoms with Crippen LogP contribution in [0.15, 0.2) is 24.3 Å². The number of aliphatic hydroxyl groups is 1. The van der Waals surface area contributed by atoms with Gasteiger partial charge < -0.3 is 51.9 Å². The van der Waals surface area contributed by atoms with Crippen LogP contribution in [0.4, 0.5) is 0 Å². The van der Waals surface area contributed by atoms with Crippen molar-refractivity contribution in [2.24, 2.45) is 29.6 Å². The van der Waals surface area contributed by atoms with E-state index in [-0.39, 0.29) is 55.9 Å². The number of amides is 8. The van der Waals surface area contributed by atoms with Crippen LogP contribution in [0.5, 0.6) is 5.75 Å². The number of rotatable bonds is 11. The molecule has 0 bridgehead atoms. The average molecular weight is 953 g/mol. The molecule has 8 amide bonds. The van der Waals surface area contributed by atoms with E-state index in [9.17, 15) is 48.6 Å². The van der Waals surface area contributed by atoms with Gasteiger partial charge in [0.1, 0.15) is 48.0 Å². The molecule has 11 atom stereocenters. The molecule has 68 heavy (non-hydrogen) atoms. The molecule has 1 aromatic carbocycles. The number of fused-ring (bicyclic) bond motifs is 2. The van der Waals surface area contributed by atoms with Crippen LogP contribution < -0.4 is 31.9 Å². The number of nitrogens with one attached hydrogen (secondary N) is 6. The summed E-state index contributed by atoms with van der Waals surface area (Å²) in [6.45, 7) is 18.9. The highest BCUT2D eigenvalue weighted by molar-refractivity contribution is 5.98. The maximum atomic E-state index is 14.7. The molecule has 0 radical (unpaired) electrons. The minimum absolute atomic E-state index is 0.00253. The number of hydrogen-bond donors (Lipinski definition) is 8. The van der Waals surface area contributed by atoms with Gasteiger partial charge in [-0.3, -0.25) is 38.4 Å². The van der Waals surface area contributed by atoms with Crippen molar-refractivity contribution in [3.63, 3.8) is 0 Å². The van der Waals surface area contributed by atoms with Gasteiger partial charge in [0.05, 0.1) is 18.6 Å². The molecular weight excluding hydrogens is 873 g/mol. The first-order valence-corrected chi connectivity index (χ1v) is 24.9. The molecule has 3 aliphatic rings. The summed E-state index contributed by atoms with van der Waals surface area (Å²) in [4.78, 5) is 117. The fraction of sp³-hybridized carbons (Fsp3) is 0.720. The molecule has 380 valence electrons. The minimum Gasteiger partial charge on any atom is -0.508 e. The van der Waals surface area contributed by atoms with Gasteiger partial charge in [0.25, 0.3) is 0 Å². The van der Waals surface area contributed by atoms with E-state index in [2.05, 4.69) is 31.9 Å². The summed E-state index contributed by atoms with van der Waals surface area (Å²) in [6, 6.07) is -2.35. The van der Waals surface area contributed by atoms with E-state index in [0.717, 1.165) is 0 Å². The van der Waals surface area contributed by atoms with E-state index >= 15 is 0 Å². The quantitative estimate of drug-likeness (QED) is 0.161. The lowest BCUT2D eigenvalue weighted by Gasteiger charge is -2.35. The molecule has 3 saturated heterocycles. The number of aromatic hydroxyl groups is 1. The van der Waals surface area contributed by atoms with Crippen LogP contribution in [-0.2, 0) is 44.8 Å². The number of carbonyl (C=O) groups is 8. The fourth-order valence-electron chi connectivity index (χ4n) is 9.36. The normalized spacial score (nSPS) is 28.9. The van der Waals surface area contributed by atoms with Crippen LogP contribution in [-0.4, -0.2) is 135 Å². The highest BCUT2D eigenvalue weighted by Crippen LogP contribution is 2.28. The van der Waals surface area contributed by atoms with Crippen molar-refractivity contribution in [2.45, 2.75) is 188 Å². The number of carbonyl (C=O) groups excluding carboxylic acids is 8. The number of aliphatic hydroxyl groups excluding tert-OH is 1. The molecule has 18 heteroatoms. The summed E-state index contributed by atoms with van der Waals surface area (Å²) in [7, 11) is 0. The Bertz CT molecular complexity index is 1930. The maximum absolute atomic E-state index is 14.7. The fourth-order valence-corrected chi connectivity index (χ4v) is 9.36. The van der Waals surface area contributed by atoms with Gasteiger partial charge >= 0.3 is 0 Å². The number of phenolic OH excluding ortho intramolecular Hbond substituents is 1. The summed E-state index contributed by atoms with van der Waals surface area (Å²) in [5, 5.41) is 38.7. The van der Waals surface area contributed by atoms with Gasteiger partial charge in [0.15, 0.2) is 0 Å². The second-order valence-electron chi connectivity index (χ2n) is 20.6. The van der Waals surface area contributed by atoms with Crippen molar-refractivity contribution >= 4 is 47.3 Å². The lowest BCUT2D eigenvalue weighted by Crippen LogP contribution is -2.62. The van der Waals surface area contributed by atoms with Gasteiger partial charge in [-0.05, 0) is 85.8 Å². The first-order chi connectivity index (χ1) is 32.1. The van der Waals surface area contributed by atoms with Gasteiger partial charge in [0, 0.05) is 19.5 Å². The highest BCUT2D eigenvalue weighted by Gasteiger charge is 2.45. The summed E-state index contributed by atoms with van der Waals surface area (Å²) in [6.07, 6.45) is 1.17. The number of benzene rings is 1. The van der Waals surface area contributed by atoms with E-state index in [4.69, 9.17) is 0 Å². The number of phenols is 1. The smallest absolute Gasteiger partial charge is 0.246 e. The highest BCUT2D eigenvalue weighted by atomic mass is 16.3. The van der Waals surface area contributed by atoms with Crippen LogP contribution in [0.25, 0.3) is 0 Å². The zero-order valence-electron chi connectivity index (χ0n) is 41.9. The molecule has 3 fully saturated rings. The number of nitrogens with zero attached hydrogens (tertiary/aromatic N) is 2. The second kappa shape index (κ2) is 25.4. The van der Waals surface area contributed by atoms with Crippen molar-refractivity contribution in [2.75, 3.05) is 13.1 Å². The van der Waals surface area contributed by atoms with Gasteiger partial charge in [-0.25, -0.2) is 0 Å². The minimum atomic E-state index is -1.41. The predicted molar refractivity (Wildman–Crippen MR) is 256 cm³/mol. The second-order valence-corrected chi connectivity index (χ2v) is 20.6. The van der Waals surface area contributed by atoms with E-state index in [1.807, 2.05) is 55.4 Å². The Balaban J connectivity index is 1.80. The van der Waals surface area contributed by atoms with Gasteiger partial charge in [-0.2, -0.15) is 0 Å². The zero-order valence-corrected chi connectivity index (χ0v) is 41.9. The van der Waals surface area contributed by atoms with E-state index in [1.165, 1.54) is 21.9 Å². The third kappa shape index (κ3) is 14.9. The van der Waals surface area contributed by atoms with E-state index < -0.39 is 120 Å². The Morgan fingerprint density at radius 1 is 0.574 bits per heavy atom. The number of hydrogen-bond acceptors (Lipinski definition) is 10. The topological polar surface area (TPSA) is 256 Å². The SMILES string of the molecule is CCC(C)[C@@H]1NC(=O)[C@@H](C(C)CC)NC(=O)[C@@H](CC(C)C)NC(=O)C[C@H](O)[C@@H](CC(C)C)NC(=O)[C@H](C(C)C)NC(=O)[C@H](Cc2ccc(O)cc2)NC(=O)[C@@H]2CCCN2C(=O)[C@@H]2CCCN2C1=O. The van der Waals surface area contributed by atoms with Crippen LogP contribution in [0.2, 0.25) is 0 Å². The average Bonchev–Trinajstić information content (AvgIpc) is 3.99. The van der Waals surface area contributed by atoms with Gasteiger partial charge in [-0.1, -0.05) is 94.2 Å². The molecule has 4 rings (SSSR count). The summed E-state index contributed by atoms with van der Waals surface area (Å²) < 4.78 is 0. The third-order valence-electron chi connectivity index (χ3n) is 13.8. The molecule has 0 spiro atoms. The molecule has 0 aliphatic carbocycles. The Labute approximate surface area is 402 Å². The molecule has 2 unspecified atom stereocenters. The lowest BCUT2D eigenvalue weighted by molar-refractivity contribution is -0.149. The first kappa shape index (κ1) is 55.3. The molecule has 8 N–H and O–H groups in total. The Morgan fingerprint density at radius 3 is 1.66 bits per heavy atom. The van der Waals surface area contributed by atoms with Crippen molar-refractivity contribution in [3.05, 3.63) is 29.8 Å². The summed E-state index contributed by atoms with van der Waals surface area (Å²) in [5.74, 6) is -5.99. The molecule has 3 heterocycles. The summed E-state index contributed by atoms with van der Waals surface area (Å²) >= 11 is 0. The van der Waals surface area contributed by atoms with Crippen molar-refractivity contribution in [3.8, 4) is 5.75 Å². The molecule has 18 nitrogen and oxygen atoms in total. The van der Waals surface area contributed by atoms with E-state index in [0.29, 0.717) is 44.1 Å². The van der Waals surface area contributed by atoms with Crippen LogP contribution >= 0.6 is 0 Å². The van der Waals surface area contributed by atoms with Crippen molar-refractivity contribution in [1.29, 1.82) is 0 Å². The van der Waals surface area contributed by atoms with Crippen LogP contribution in [0.1, 0.15) is 133 Å². The van der Waals surface area contributed by atoms with Crippen molar-refractivity contribution < 1.29 is 48.6 Å². The Hall–Kier alpha value is -5.26. The largest absolute Gasteiger partial charge is 0.508 e. The summed E-state index contributed by atoms with van der Waals surface area (Å²) in [5.41, 5.74) is 0.595. The monoisotopic (exact) mass is 953 g/mol.